The average Bonchev–Trinajstić information content (AvgIpc) is 2.97. The largest absolute Gasteiger partial charge is 0.391 e. The molecule has 0 radical (unpaired) electrons. The number of aliphatic hydroxyl groups is 1. The molecule has 6 nitrogen and oxygen atoms in total. The lowest BCUT2D eigenvalue weighted by molar-refractivity contribution is -0.119. The molecular formula is C18H23FN4O2. The smallest absolute Gasteiger partial charge is 0.238 e. The minimum absolute atomic E-state index is 0.133. The van der Waals surface area contributed by atoms with E-state index in [2.05, 4.69) is 10.4 Å². The van der Waals surface area contributed by atoms with Crippen LogP contribution in [0.15, 0.2) is 36.7 Å². The summed E-state index contributed by atoms with van der Waals surface area (Å²) < 4.78 is 14.7. The number of carbonyl (C=O) groups is 1. The molecule has 0 aliphatic carbocycles. The number of aryl methyl sites for hydroxylation is 1. The molecule has 1 aliphatic heterocycles. The number of nitrogens with zero attached hydrogens (tertiary/aromatic N) is 3. The summed E-state index contributed by atoms with van der Waals surface area (Å²) in [6, 6.07) is 6.14. The number of carbonyl (C=O) groups excluding carboxylic acids is 1. The van der Waals surface area contributed by atoms with Crippen LogP contribution in [0.2, 0.25) is 0 Å². The summed E-state index contributed by atoms with van der Waals surface area (Å²) in [5.74, 6) is -0.410. The van der Waals surface area contributed by atoms with E-state index >= 15 is 0 Å². The first-order valence-corrected chi connectivity index (χ1v) is 8.46. The van der Waals surface area contributed by atoms with Gasteiger partial charge in [0.1, 0.15) is 5.82 Å². The van der Waals surface area contributed by atoms with E-state index in [0.29, 0.717) is 18.5 Å². The Hall–Kier alpha value is -2.25. The van der Waals surface area contributed by atoms with Gasteiger partial charge in [0, 0.05) is 19.3 Å². The van der Waals surface area contributed by atoms with Crippen LogP contribution in [0.4, 0.5) is 10.1 Å². The van der Waals surface area contributed by atoms with E-state index < -0.39 is 6.10 Å². The third-order valence-electron chi connectivity index (χ3n) is 4.55. The summed E-state index contributed by atoms with van der Waals surface area (Å²) in [7, 11) is 1.79. The Bertz CT molecular complexity index is 716. The van der Waals surface area contributed by atoms with Crippen LogP contribution in [0.25, 0.3) is 0 Å². The number of rotatable bonds is 5. The van der Waals surface area contributed by atoms with E-state index in [9.17, 15) is 14.3 Å². The minimum Gasteiger partial charge on any atom is -0.391 e. The highest BCUT2D eigenvalue weighted by Gasteiger charge is 2.31. The molecule has 0 spiro atoms. The molecule has 0 bridgehead atoms. The summed E-state index contributed by atoms with van der Waals surface area (Å²) in [5.41, 5.74) is 1.60. The second-order valence-corrected chi connectivity index (χ2v) is 6.53. The predicted molar refractivity (Wildman–Crippen MR) is 92.5 cm³/mol. The van der Waals surface area contributed by atoms with E-state index in [1.165, 1.54) is 12.1 Å². The number of amides is 1. The lowest BCUT2D eigenvalue weighted by Gasteiger charge is -2.38. The molecule has 1 saturated heterocycles. The number of likely N-dealkylation sites (tertiary alicyclic amines) is 1. The third-order valence-corrected chi connectivity index (χ3v) is 4.55. The van der Waals surface area contributed by atoms with Gasteiger partial charge in [-0.15, -0.1) is 0 Å². The van der Waals surface area contributed by atoms with Crippen LogP contribution in [0.1, 0.15) is 18.4 Å². The number of piperidine rings is 1. The SMILES string of the molecule is Cn1cc(NC(=O)CN2CCC[C@H](O)[C@@H]2Cc2ccc(F)cc2)cn1. The topological polar surface area (TPSA) is 70.4 Å². The number of benzene rings is 1. The van der Waals surface area contributed by atoms with Crippen LogP contribution >= 0.6 is 0 Å². The molecule has 2 aromatic rings. The Morgan fingerprint density at radius 2 is 2.16 bits per heavy atom. The lowest BCUT2D eigenvalue weighted by Crippen LogP contribution is -2.51. The zero-order valence-electron chi connectivity index (χ0n) is 14.2. The van der Waals surface area contributed by atoms with Crippen molar-refractivity contribution in [2.45, 2.75) is 31.4 Å². The van der Waals surface area contributed by atoms with Gasteiger partial charge in [-0.3, -0.25) is 14.4 Å². The van der Waals surface area contributed by atoms with Crippen LogP contribution in [0.5, 0.6) is 0 Å². The maximum Gasteiger partial charge on any atom is 0.238 e. The van der Waals surface area contributed by atoms with Crippen molar-refractivity contribution in [3.05, 3.63) is 48.0 Å². The summed E-state index contributed by atoms with van der Waals surface area (Å²) in [6.45, 7) is 0.960. The van der Waals surface area contributed by atoms with E-state index in [-0.39, 0.29) is 24.3 Å². The fourth-order valence-corrected chi connectivity index (χ4v) is 3.30. The van der Waals surface area contributed by atoms with Gasteiger partial charge >= 0.3 is 0 Å². The van der Waals surface area contributed by atoms with Gasteiger partial charge in [-0.1, -0.05) is 12.1 Å². The van der Waals surface area contributed by atoms with Gasteiger partial charge in [0.05, 0.1) is 24.5 Å². The third kappa shape index (κ3) is 4.64. The molecule has 1 fully saturated rings. The van der Waals surface area contributed by atoms with Gasteiger partial charge in [0.25, 0.3) is 0 Å². The summed E-state index contributed by atoms with van der Waals surface area (Å²) >= 11 is 0. The van der Waals surface area contributed by atoms with Crippen LogP contribution in [-0.4, -0.2) is 50.9 Å². The molecular weight excluding hydrogens is 323 g/mol. The van der Waals surface area contributed by atoms with Crippen molar-refractivity contribution in [1.82, 2.24) is 14.7 Å². The standard InChI is InChI=1S/C18H23FN4O2/c1-22-11-15(10-20-22)21-18(25)12-23-8-2-3-17(24)16(23)9-13-4-6-14(19)7-5-13/h4-7,10-11,16-17,24H,2-3,8-9,12H2,1H3,(H,21,25)/t16-,17-/m0/s1. The lowest BCUT2D eigenvalue weighted by atomic mass is 9.93. The summed E-state index contributed by atoms with van der Waals surface area (Å²) in [5, 5.41) is 17.2. The average molecular weight is 346 g/mol. The highest BCUT2D eigenvalue weighted by Crippen LogP contribution is 2.21. The van der Waals surface area contributed by atoms with Crippen molar-refractivity contribution in [2.75, 3.05) is 18.4 Å². The highest BCUT2D eigenvalue weighted by atomic mass is 19.1. The van der Waals surface area contributed by atoms with Gasteiger partial charge < -0.3 is 10.4 Å². The van der Waals surface area contributed by atoms with Crippen LogP contribution in [0, 0.1) is 5.82 Å². The number of hydrogen-bond acceptors (Lipinski definition) is 4. The highest BCUT2D eigenvalue weighted by molar-refractivity contribution is 5.92. The molecule has 1 amide bonds. The molecule has 2 atom stereocenters. The molecule has 1 aliphatic rings. The van der Waals surface area contributed by atoms with E-state index in [1.807, 2.05) is 4.90 Å². The molecule has 25 heavy (non-hydrogen) atoms. The number of aromatic nitrogens is 2. The van der Waals surface area contributed by atoms with Gasteiger partial charge in [0.2, 0.25) is 5.91 Å². The van der Waals surface area contributed by atoms with Crippen molar-refractivity contribution in [2.24, 2.45) is 7.05 Å². The Morgan fingerprint density at radius 1 is 1.40 bits per heavy atom. The fraction of sp³-hybridized carbons (Fsp3) is 0.444. The Labute approximate surface area is 146 Å². The zero-order valence-corrected chi connectivity index (χ0v) is 14.2. The van der Waals surface area contributed by atoms with Crippen LogP contribution in [-0.2, 0) is 18.3 Å². The summed E-state index contributed by atoms with van der Waals surface area (Å²) in [4.78, 5) is 14.3. The molecule has 134 valence electrons. The predicted octanol–water partition coefficient (Wildman–Crippen LogP) is 1.57. The van der Waals surface area contributed by atoms with Gasteiger partial charge in [0.15, 0.2) is 0 Å². The normalized spacial score (nSPS) is 21.2. The second-order valence-electron chi connectivity index (χ2n) is 6.53. The Kier molecular flexibility index (Phi) is 5.45. The van der Waals surface area contributed by atoms with Crippen molar-refractivity contribution >= 4 is 11.6 Å². The van der Waals surface area contributed by atoms with E-state index in [4.69, 9.17) is 0 Å². The first-order valence-electron chi connectivity index (χ1n) is 8.46. The van der Waals surface area contributed by atoms with Gasteiger partial charge in [-0.2, -0.15) is 5.10 Å². The quantitative estimate of drug-likeness (QED) is 0.862. The summed E-state index contributed by atoms with van der Waals surface area (Å²) in [6.07, 6.45) is 4.98. The van der Waals surface area contributed by atoms with E-state index in [0.717, 1.165) is 18.5 Å². The number of anilines is 1. The molecule has 0 unspecified atom stereocenters. The molecule has 1 aromatic heterocycles. The molecule has 2 heterocycles. The zero-order chi connectivity index (χ0) is 17.8. The number of nitrogens with one attached hydrogen (secondary N) is 1. The minimum atomic E-state index is -0.495. The number of aliphatic hydroxyl groups excluding tert-OH is 1. The maximum atomic E-state index is 13.1. The Morgan fingerprint density at radius 3 is 2.84 bits per heavy atom. The van der Waals surface area contributed by atoms with Crippen molar-refractivity contribution in [3.63, 3.8) is 0 Å². The van der Waals surface area contributed by atoms with Gasteiger partial charge in [-0.25, -0.2) is 4.39 Å². The first-order chi connectivity index (χ1) is 12.0. The van der Waals surface area contributed by atoms with Crippen molar-refractivity contribution in [1.29, 1.82) is 0 Å². The van der Waals surface area contributed by atoms with E-state index in [1.54, 1.807) is 36.3 Å². The first kappa shape index (κ1) is 17.6. The maximum absolute atomic E-state index is 13.1. The van der Waals surface area contributed by atoms with Crippen molar-refractivity contribution in [3.8, 4) is 0 Å². The van der Waals surface area contributed by atoms with Crippen molar-refractivity contribution < 1.29 is 14.3 Å². The second kappa shape index (κ2) is 7.76. The number of hydrogen-bond donors (Lipinski definition) is 2. The van der Waals surface area contributed by atoms with Crippen LogP contribution < -0.4 is 5.32 Å². The monoisotopic (exact) mass is 346 g/mol. The molecule has 0 saturated carbocycles. The fourth-order valence-electron chi connectivity index (χ4n) is 3.30. The number of halogens is 1. The Balaban J connectivity index is 1.64. The molecule has 7 heteroatoms. The molecule has 2 N–H and O–H groups in total. The molecule has 1 aromatic carbocycles. The molecule has 3 rings (SSSR count). The van der Waals surface area contributed by atoms with Crippen LogP contribution in [0.3, 0.4) is 0 Å². The van der Waals surface area contributed by atoms with Gasteiger partial charge in [-0.05, 0) is 43.5 Å².